The number of hydrogen-bond acceptors (Lipinski definition) is 6. The van der Waals surface area contributed by atoms with Crippen molar-refractivity contribution in [1.29, 1.82) is 0 Å². The number of carbonyl (C=O) groups excluding carboxylic acids is 1. The van der Waals surface area contributed by atoms with E-state index in [1.54, 1.807) is 44.2 Å². The number of allylic oxidation sites excluding steroid dienone is 1. The molecule has 0 spiro atoms. The van der Waals surface area contributed by atoms with E-state index in [9.17, 15) is 9.59 Å². The van der Waals surface area contributed by atoms with Crippen molar-refractivity contribution in [2.24, 2.45) is 4.99 Å². The summed E-state index contributed by atoms with van der Waals surface area (Å²) in [5, 5.41) is 0.454. The zero-order chi connectivity index (χ0) is 21.4. The zero-order valence-electron chi connectivity index (χ0n) is 16.6. The molecule has 0 radical (unpaired) electrons. The fraction of sp³-hybridized carbons (Fsp3) is 0.227. The largest absolute Gasteiger partial charge is 0.463 e. The Morgan fingerprint density at radius 1 is 1.30 bits per heavy atom. The second-order valence-electron chi connectivity index (χ2n) is 6.77. The van der Waals surface area contributed by atoms with Gasteiger partial charge in [0.25, 0.3) is 5.56 Å². The molecule has 3 aromatic rings. The number of furan rings is 1. The number of carbonyl (C=O) groups is 1. The van der Waals surface area contributed by atoms with Gasteiger partial charge >= 0.3 is 5.97 Å². The van der Waals surface area contributed by atoms with E-state index in [0.717, 1.165) is 5.76 Å². The summed E-state index contributed by atoms with van der Waals surface area (Å²) in [6, 6.07) is 10.1. The Hall–Kier alpha value is -2.90. The number of nitrogens with zero attached hydrogens (tertiary/aromatic N) is 2. The highest BCUT2D eigenvalue weighted by Crippen LogP contribution is 2.34. The van der Waals surface area contributed by atoms with E-state index in [1.807, 2.05) is 19.1 Å². The SMILES string of the molecule is CCOC(=O)C1=C(C)N=c2s/c(=C\c3ccc(C)o3)c(=O)n2[C@@H]1c1ccccc1Cl. The monoisotopic (exact) mass is 442 g/mol. The van der Waals surface area contributed by atoms with Crippen molar-refractivity contribution >= 4 is 35.0 Å². The Morgan fingerprint density at radius 2 is 2.07 bits per heavy atom. The van der Waals surface area contributed by atoms with Crippen molar-refractivity contribution in [3.8, 4) is 0 Å². The smallest absolute Gasteiger partial charge is 0.338 e. The van der Waals surface area contributed by atoms with Crippen LogP contribution in [0, 0.1) is 6.92 Å². The summed E-state index contributed by atoms with van der Waals surface area (Å²) in [5.41, 5.74) is 1.17. The number of aryl methyl sites for hydroxylation is 1. The number of fused-ring (bicyclic) bond motifs is 1. The van der Waals surface area contributed by atoms with Crippen LogP contribution in [-0.4, -0.2) is 17.1 Å². The van der Waals surface area contributed by atoms with Crippen LogP contribution in [0.1, 0.15) is 37.0 Å². The highest BCUT2D eigenvalue weighted by molar-refractivity contribution is 7.07. The minimum Gasteiger partial charge on any atom is -0.463 e. The number of halogens is 1. The Kier molecular flexibility index (Phi) is 5.49. The molecule has 3 heterocycles. The van der Waals surface area contributed by atoms with E-state index >= 15 is 0 Å². The van der Waals surface area contributed by atoms with Crippen molar-refractivity contribution in [3.05, 3.63) is 89.5 Å². The molecule has 6 nitrogen and oxygen atoms in total. The summed E-state index contributed by atoms with van der Waals surface area (Å²) in [5.74, 6) is 0.816. The molecule has 8 heteroatoms. The van der Waals surface area contributed by atoms with Gasteiger partial charge in [0.2, 0.25) is 0 Å². The number of aromatic nitrogens is 1. The molecule has 2 aromatic heterocycles. The molecule has 0 aliphatic carbocycles. The molecule has 0 saturated carbocycles. The lowest BCUT2D eigenvalue weighted by atomic mass is 9.96. The van der Waals surface area contributed by atoms with Crippen LogP contribution in [0.25, 0.3) is 6.08 Å². The second kappa shape index (κ2) is 8.08. The third-order valence-corrected chi connectivity index (χ3v) is 6.08. The Bertz CT molecular complexity index is 1350. The molecule has 1 atom stereocenters. The maximum Gasteiger partial charge on any atom is 0.338 e. The normalized spacial score (nSPS) is 16.4. The molecule has 154 valence electrons. The fourth-order valence-electron chi connectivity index (χ4n) is 3.44. The van der Waals surface area contributed by atoms with E-state index in [-0.39, 0.29) is 12.2 Å². The van der Waals surface area contributed by atoms with Crippen LogP contribution in [-0.2, 0) is 9.53 Å². The van der Waals surface area contributed by atoms with Gasteiger partial charge in [0, 0.05) is 11.1 Å². The number of thiazole rings is 1. The number of rotatable bonds is 4. The minimum absolute atomic E-state index is 0.215. The lowest BCUT2D eigenvalue weighted by Crippen LogP contribution is -2.40. The Balaban J connectivity index is 1.99. The molecule has 0 saturated heterocycles. The third-order valence-electron chi connectivity index (χ3n) is 4.75. The molecule has 0 fully saturated rings. The van der Waals surface area contributed by atoms with Gasteiger partial charge in [0.05, 0.1) is 22.4 Å². The standard InChI is InChI=1S/C22H19ClN2O4S/c1-4-28-21(27)18-13(3)24-22-25(19(18)15-7-5-6-8-16(15)23)20(26)17(30-22)11-14-10-9-12(2)29-14/h5-11,19H,4H2,1-3H3/b17-11-/t19-/m1/s1. The van der Waals surface area contributed by atoms with E-state index < -0.39 is 12.0 Å². The van der Waals surface area contributed by atoms with Crippen LogP contribution in [0.4, 0.5) is 0 Å². The Morgan fingerprint density at radius 3 is 2.73 bits per heavy atom. The van der Waals surface area contributed by atoms with Gasteiger partial charge in [-0.05, 0) is 44.5 Å². The molecule has 30 heavy (non-hydrogen) atoms. The third kappa shape index (κ3) is 3.55. The summed E-state index contributed by atoms with van der Waals surface area (Å²) in [7, 11) is 0. The molecule has 1 aliphatic heterocycles. The topological polar surface area (TPSA) is 73.8 Å². The van der Waals surface area contributed by atoms with E-state index in [2.05, 4.69) is 4.99 Å². The van der Waals surface area contributed by atoms with Crippen LogP contribution >= 0.6 is 22.9 Å². The van der Waals surface area contributed by atoms with Crippen LogP contribution < -0.4 is 14.9 Å². The van der Waals surface area contributed by atoms with E-state index in [1.165, 1.54) is 15.9 Å². The Labute approximate surface area is 181 Å². The first-order valence-corrected chi connectivity index (χ1v) is 10.6. The van der Waals surface area contributed by atoms with Crippen molar-refractivity contribution in [1.82, 2.24) is 4.57 Å². The van der Waals surface area contributed by atoms with E-state index in [0.29, 0.717) is 37.0 Å². The fourth-order valence-corrected chi connectivity index (χ4v) is 4.71. The lowest BCUT2D eigenvalue weighted by Gasteiger charge is -2.25. The predicted molar refractivity (Wildman–Crippen MR) is 115 cm³/mol. The van der Waals surface area contributed by atoms with Gasteiger partial charge in [-0.25, -0.2) is 9.79 Å². The maximum absolute atomic E-state index is 13.4. The average Bonchev–Trinajstić information content (AvgIpc) is 3.24. The molecule has 0 amide bonds. The summed E-state index contributed by atoms with van der Waals surface area (Å²) in [6.45, 7) is 5.53. The maximum atomic E-state index is 13.4. The summed E-state index contributed by atoms with van der Waals surface area (Å²) < 4.78 is 12.8. The van der Waals surface area contributed by atoms with E-state index in [4.69, 9.17) is 20.8 Å². The van der Waals surface area contributed by atoms with Gasteiger partial charge in [-0.3, -0.25) is 9.36 Å². The molecule has 4 rings (SSSR count). The first-order valence-electron chi connectivity index (χ1n) is 9.41. The minimum atomic E-state index is -0.727. The van der Waals surface area contributed by atoms with Gasteiger partial charge in [0.1, 0.15) is 17.6 Å². The number of ether oxygens (including phenoxy) is 1. The van der Waals surface area contributed by atoms with Crippen LogP contribution in [0.2, 0.25) is 5.02 Å². The summed E-state index contributed by atoms with van der Waals surface area (Å²) in [6.07, 6.45) is 1.68. The van der Waals surface area contributed by atoms with Crippen LogP contribution in [0.5, 0.6) is 0 Å². The number of esters is 1. The summed E-state index contributed by atoms with van der Waals surface area (Å²) >= 11 is 7.71. The lowest BCUT2D eigenvalue weighted by molar-refractivity contribution is -0.139. The first-order chi connectivity index (χ1) is 14.4. The van der Waals surface area contributed by atoms with Gasteiger partial charge in [-0.2, -0.15) is 0 Å². The van der Waals surface area contributed by atoms with Crippen molar-refractivity contribution in [2.45, 2.75) is 26.8 Å². The summed E-state index contributed by atoms with van der Waals surface area (Å²) in [4.78, 5) is 31.2. The average molecular weight is 443 g/mol. The van der Waals surface area contributed by atoms with Crippen molar-refractivity contribution in [2.75, 3.05) is 6.61 Å². The number of benzene rings is 1. The van der Waals surface area contributed by atoms with Gasteiger partial charge in [0.15, 0.2) is 4.80 Å². The molecular weight excluding hydrogens is 424 g/mol. The number of hydrogen-bond donors (Lipinski definition) is 0. The highest BCUT2D eigenvalue weighted by Gasteiger charge is 2.34. The predicted octanol–water partition coefficient (Wildman–Crippen LogP) is 3.35. The quantitative estimate of drug-likeness (QED) is 0.581. The van der Waals surface area contributed by atoms with Crippen LogP contribution in [0.3, 0.4) is 0 Å². The molecule has 1 aliphatic rings. The highest BCUT2D eigenvalue weighted by atomic mass is 35.5. The molecular formula is C22H19ClN2O4S. The van der Waals surface area contributed by atoms with Gasteiger partial charge < -0.3 is 9.15 Å². The van der Waals surface area contributed by atoms with Crippen molar-refractivity contribution < 1.29 is 13.9 Å². The van der Waals surface area contributed by atoms with Crippen LogP contribution in [0.15, 0.2) is 61.9 Å². The van der Waals surface area contributed by atoms with Gasteiger partial charge in [-0.1, -0.05) is 41.1 Å². The molecule has 0 unspecified atom stereocenters. The molecule has 0 bridgehead atoms. The molecule has 0 N–H and O–H groups in total. The molecule has 1 aromatic carbocycles. The van der Waals surface area contributed by atoms with Crippen molar-refractivity contribution in [3.63, 3.8) is 0 Å². The van der Waals surface area contributed by atoms with Gasteiger partial charge in [-0.15, -0.1) is 0 Å². The second-order valence-corrected chi connectivity index (χ2v) is 8.19. The zero-order valence-corrected chi connectivity index (χ0v) is 18.2. The first kappa shape index (κ1) is 20.4.